The number of methoxy groups -OCH3 is 1. The van der Waals surface area contributed by atoms with E-state index in [4.69, 9.17) is 9.84 Å². The highest BCUT2D eigenvalue weighted by molar-refractivity contribution is 5.33. The van der Waals surface area contributed by atoms with E-state index in [9.17, 15) is 0 Å². The number of hydrogen-bond acceptors (Lipinski definition) is 4. The third kappa shape index (κ3) is 3.84. The first-order valence-electron chi connectivity index (χ1n) is 9.66. The van der Waals surface area contributed by atoms with Gasteiger partial charge in [-0.25, -0.2) is 0 Å². The van der Waals surface area contributed by atoms with E-state index in [1.54, 1.807) is 11.3 Å². The lowest BCUT2D eigenvalue weighted by Crippen LogP contribution is -2.37. The van der Waals surface area contributed by atoms with E-state index in [1.807, 2.05) is 14.2 Å². The van der Waals surface area contributed by atoms with Gasteiger partial charge in [0.25, 0.3) is 0 Å². The first kappa shape index (κ1) is 17.9. The molecule has 1 aliphatic heterocycles. The van der Waals surface area contributed by atoms with Gasteiger partial charge >= 0.3 is 0 Å². The number of nitrogens with one attached hydrogen (secondary N) is 2. The Hall–Kier alpha value is -0.910. The van der Waals surface area contributed by atoms with Gasteiger partial charge in [-0.2, -0.15) is 5.10 Å². The second-order valence-electron chi connectivity index (χ2n) is 7.55. The average molecular weight is 335 g/mol. The summed E-state index contributed by atoms with van der Waals surface area (Å²) in [7, 11) is 5.91. The smallest absolute Gasteiger partial charge is 0.0678 e. The molecule has 0 spiro atoms. The summed E-state index contributed by atoms with van der Waals surface area (Å²) in [6, 6.07) is 0.453. The topological polar surface area (TPSA) is 51.1 Å². The Bertz CT molecular complexity index is 520. The molecule has 1 fully saturated rings. The molecule has 1 aromatic rings. The summed E-state index contributed by atoms with van der Waals surface area (Å²) >= 11 is 0. The van der Waals surface area contributed by atoms with Crippen LogP contribution < -0.4 is 10.6 Å². The van der Waals surface area contributed by atoms with Crippen LogP contribution in [0.5, 0.6) is 0 Å². The SMILES string of the molecule is CNCC(Cc1nn2c(c1C1CCC(COC)CC1)CCC2)NC. The van der Waals surface area contributed by atoms with Crippen LogP contribution in [-0.4, -0.2) is 50.2 Å². The van der Waals surface area contributed by atoms with Crippen LogP contribution >= 0.6 is 0 Å². The highest BCUT2D eigenvalue weighted by Gasteiger charge is 2.31. The van der Waals surface area contributed by atoms with Crippen molar-refractivity contribution in [1.29, 1.82) is 0 Å². The molecule has 1 saturated carbocycles. The third-order valence-electron chi connectivity index (χ3n) is 5.91. The van der Waals surface area contributed by atoms with Gasteiger partial charge in [0.05, 0.1) is 5.69 Å². The monoisotopic (exact) mass is 334 g/mol. The van der Waals surface area contributed by atoms with Crippen molar-refractivity contribution in [3.8, 4) is 0 Å². The summed E-state index contributed by atoms with van der Waals surface area (Å²) in [4.78, 5) is 0. The number of aromatic nitrogens is 2. The summed E-state index contributed by atoms with van der Waals surface area (Å²) < 4.78 is 7.67. The number of aryl methyl sites for hydroxylation is 1. The maximum atomic E-state index is 5.37. The molecule has 1 aliphatic carbocycles. The maximum absolute atomic E-state index is 5.37. The van der Waals surface area contributed by atoms with Gasteiger partial charge in [0.2, 0.25) is 0 Å². The van der Waals surface area contributed by atoms with Crippen molar-refractivity contribution in [3.63, 3.8) is 0 Å². The van der Waals surface area contributed by atoms with Crippen LogP contribution in [0.4, 0.5) is 0 Å². The van der Waals surface area contributed by atoms with Crippen LogP contribution in [-0.2, 0) is 24.1 Å². The molecule has 0 radical (unpaired) electrons. The quantitative estimate of drug-likeness (QED) is 0.764. The van der Waals surface area contributed by atoms with Gasteiger partial charge in [-0.15, -0.1) is 0 Å². The van der Waals surface area contributed by atoms with E-state index in [2.05, 4.69) is 22.4 Å². The molecule has 5 nitrogen and oxygen atoms in total. The van der Waals surface area contributed by atoms with Gasteiger partial charge in [-0.1, -0.05) is 0 Å². The molecule has 0 aromatic carbocycles. The van der Waals surface area contributed by atoms with Gasteiger partial charge in [0, 0.05) is 45.0 Å². The van der Waals surface area contributed by atoms with E-state index in [0.717, 1.165) is 32.0 Å². The molecule has 2 aliphatic rings. The lowest BCUT2D eigenvalue weighted by Gasteiger charge is -2.29. The second-order valence-corrected chi connectivity index (χ2v) is 7.55. The predicted molar refractivity (Wildman–Crippen MR) is 97.6 cm³/mol. The van der Waals surface area contributed by atoms with Crippen LogP contribution in [0.3, 0.4) is 0 Å². The zero-order valence-corrected chi connectivity index (χ0v) is 15.6. The average Bonchev–Trinajstić information content (AvgIpc) is 3.16. The van der Waals surface area contributed by atoms with E-state index in [1.165, 1.54) is 44.2 Å². The Labute approximate surface area is 146 Å². The van der Waals surface area contributed by atoms with Crippen molar-refractivity contribution >= 4 is 0 Å². The Kier molecular flexibility index (Phi) is 6.31. The standard InChI is InChI=1S/C19H34N4O/c1-20-12-16(21-2)11-17-19(18-5-4-10-23(18)22-17)15-8-6-14(7-9-15)13-24-3/h14-16,20-21H,4-13H2,1-3H3. The molecule has 0 bridgehead atoms. The van der Waals surface area contributed by atoms with Crippen LogP contribution in [0.15, 0.2) is 0 Å². The van der Waals surface area contributed by atoms with E-state index in [-0.39, 0.29) is 0 Å². The van der Waals surface area contributed by atoms with Crippen LogP contribution in [0.25, 0.3) is 0 Å². The lowest BCUT2D eigenvalue weighted by molar-refractivity contribution is 0.127. The van der Waals surface area contributed by atoms with E-state index in [0.29, 0.717) is 12.0 Å². The number of fused-ring (bicyclic) bond motifs is 1. The molecule has 5 heteroatoms. The summed E-state index contributed by atoms with van der Waals surface area (Å²) in [5, 5.41) is 11.8. The number of likely N-dealkylation sites (N-methyl/N-ethyl adjacent to an activating group) is 2. The number of nitrogens with zero attached hydrogens (tertiary/aromatic N) is 2. The molecule has 1 aromatic heterocycles. The maximum Gasteiger partial charge on any atom is 0.0678 e. The van der Waals surface area contributed by atoms with Crippen molar-refractivity contribution in [2.45, 2.75) is 63.5 Å². The minimum atomic E-state index is 0.453. The minimum absolute atomic E-state index is 0.453. The van der Waals surface area contributed by atoms with Gasteiger partial charge in [0.1, 0.15) is 0 Å². The zero-order chi connectivity index (χ0) is 16.9. The van der Waals surface area contributed by atoms with Crippen LogP contribution in [0, 0.1) is 5.92 Å². The molecule has 1 unspecified atom stereocenters. The molecule has 3 rings (SSSR count). The Morgan fingerprint density at radius 1 is 1.25 bits per heavy atom. The predicted octanol–water partition coefficient (Wildman–Crippen LogP) is 2.10. The van der Waals surface area contributed by atoms with Gasteiger partial charge in [0.15, 0.2) is 0 Å². The fraction of sp³-hybridized carbons (Fsp3) is 0.842. The highest BCUT2D eigenvalue weighted by atomic mass is 16.5. The van der Waals surface area contributed by atoms with E-state index >= 15 is 0 Å². The molecule has 24 heavy (non-hydrogen) atoms. The molecule has 136 valence electrons. The first-order chi connectivity index (χ1) is 11.8. The van der Waals surface area contributed by atoms with E-state index < -0.39 is 0 Å². The lowest BCUT2D eigenvalue weighted by atomic mass is 9.77. The van der Waals surface area contributed by atoms with Gasteiger partial charge < -0.3 is 15.4 Å². The first-order valence-corrected chi connectivity index (χ1v) is 9.66. The van der Waals surface area contributed by atoms with Crippen LogP contribution in [0.1, 0.15) is 55.0 Å². The molecule has 2 heterocycles. The van der Waals surface area contributed by atoms with Crippen molar-refractivity contribution < 1.29 is 4.74 Å². The summed E-state index contributed by atoms with van der Waals surface area (Å²) in [5.74, 6) is 1.47. The van der Waals surface area contributed by atoms with Crippen molar-refractivity contribution in [3.05, 3.63) is 17.0 Å². The molecule has 1 atom stereocenters. The second kappa shape index (κ2) is 8.45. The largest absolute Gasteiger partial charge is 0.384 e. The summed E-state index contributed by atoms with van der Waals surface area (Å²) in [5.41, 5.74) is 4.51. The third-order valence-corrected chi connectivity index (χ3v) is 5.91. The number of hydrogen-bond donors (Lipinski definition) is 2. The van der Waals surface area contributed by atoms with Gasteiger partial charge in [-0.3, -0.25) is 4.68 Å². The minimum Gasteiger partial charge on any atom is -0.384 e. The normalized spacial score (nSPS) is 25.0. The molecular formula is C19H34N4O. The van der Waals surface area contributed by atoms with Crippen LogP contribution in [0.2, 0.25) is 0 Å². The fourth-order valence-electron chi connectivity index (χ4n) is 4.64. The fourth-order valence-corrected chi connectivity index (χ4v) is 4.64. The van der Waals surface area contributed by atoms with Crippen molar-refractivity contribution in [2.75, 3.05) is 34.4 Å². The van der Waals surface area contributed by atoms with Gasteiger partial charge in [-0.05, 0) is 70.0 Å². The Morgan fingerprint density at radius 2 is 2.04 bits per heavy atom. The van der Waals surface area contributed by atoms with Crippen molar-refractivity contribution in [2.24, 2.45) is 5.92 Å². The number of rotatable bonds is 8. The molecular weight excluding hydrogens is 300 g/mol. The molecule has 2 N–H and O–H groups in total. The summed E-state index contributed by atoms with van der Waals surface area (Å²) in [6.45, 7) is 3.02. The Morgan fingerprint density at radius 3 is 2.71 bits per heavy atom. The molecule has 0 saturated heterocycles. The zero-order valence-electron chi connectivity index (χ0n) is 15.6. The summed E-state index contributed by atoms with van der Waals surface area (Å²) in [6.07, 6.45) is 8.72. The number of ether oxygens (including phenoxy) is 1. The highest BCUT2D eigenvalue weighted by Crippen LogP contribution is 2.40. The molecule has 0 amide bonds. The Balaban J connectivity index is 1.76. The van der Waals surface area contributed by atoms with Crippen molar-refractivity contribution in [1.82, 2.24) is 20.4 Å².